The second-order valence-corrected chi connectivity index (χ2v) is 6.64. The highest BCUT2D eigenvalue weighted by Crippen LogP contribution is 2.31. The first-order valence-electron chi connectivity index (χ1n) is 7.83. The van der Waals surface area contributed by atoms with E-state index in [1.165, 1.54) is 24.6 Å². The van der Waals surface area contributed by atoms with Gasteiger partial charge in [0, 0.05) is 6.61 Å². The van der Waals surface area contributed by atoms with Crippen LogP contribution in [0.25, 0.3) is 0 Å². The van der Waals surface area contributed by atoms with Crippen molar-refractivity contribution in [2.75, 3.05) is 13.7 Å². The molecular formula is C17H18N2O5S. The molecule has 1 aliphatic rings. The number of aliphatic carboxylic acids is 1. The van der Waals surface area contributed by atoms with Gasteiger partial charge in [-0.05, 0) is 30.5 Å². The summed E-state index contributed by atoms with van der Waals surface area (Å²) in [6, 6.07) is 5.39. The number of hydrogen-bond donors (Lipinski definition) is 2. The molecule has 0 bridgehead atoms. The maximum absolute atomic E-state index is 12.4. The van der Waals surface area contributed by atoms with Crippen molar-refractivity contribution < 1.29 is 24.2 Å². The monoisotopic (exact) mass is 362 g/mol. The van der Waals surface area contributed by atoms with Crippen molar-refractivity contribution in [3.63, 3.8) is 0 Å². The van der Waals surface area contributed by atoms with Gasteiger partial charge >= 0.3 is 5.97 Å². The van der Waals surface area contributed by atoms with Gasteiger partial charge in [-0.3, -0.25) is 4.79 Å². The van der Waals surface area contributed by atoms with E-state index in [1.54, 1.807) is 24.3 Å². The second kappa shape index (κ2) is 7.62. The summed E-state index contributed by atoms with van der Waals surface area (Å²) >= 11 is 1.23. The first-order chi connectivity index (χ1) is 12.1. The van der Waals surface area contributed by atoms with Gasteiger partial charge in [-0.1, -0.05) is 12.1 Å². The maximum Gasteiger partial charge on any atom is 0.330 e. The Balaban J connectivity index is 1.73. The van der Waals surface area contributed by atoms with Gasteiger partial charge in [0.05, 0.1) is 13.3 Å². The molecule has 0 saturated carbocycles. The van der Waals surface area contributed by atoms with Crippen molar-refractivity contribution in [3.05, 3.63) is 45.9 Å². The van der Waals surface area contributed by atoms with E-state index in [9.17, 15) is 14.7 Å². The summed E-state index contributed by atoms with van der Waals surface area (Å²) in [5, 5.41) is 12.7. The standard InChI is InChI=1S/C17H18N2O5S/c1-23-11-6-4-10(5-7-11)14(17(21)22)19-15(20)13-9-18-16(25-13)12-3-2-8-24-12/h4-7,9,12,14H,2-3,8H2,1H3,(H,19,20)(H,21,22). The highest BCUT2D eigenvalue weighted by atomic mass is 32.1. The van der Waals surface area contributed by atoms with Crippen LogP contribution in [0.15, 0.2) is 30.5 Å². The molecule has 2 heterocycles. The summed E-state index contributed by atoms with van der Waals surface area (Å²) in [6.07, 6.45) is 3.26. The van der Waals surface area contributed by atoms with Gasteiger partial charge in [0.1, 0.15) is 21.7 Å². The Morgan fingerprint density at radius 3 is 2.76 bits per heavy atom. The maximum atomic E-state index is 12.4. The summed E-state index contributed by atoms with van der Waals surface area (Å²) in [4.78, 5) is 28.6. The largest absolute Gasteiger partial charge is 0.497 e. The van der Waals surface area contributed by atoms with Gasteiger partial charge in [-0.25, -0.2) is 9.78 Å². The second-order valence-electron chi connectivity index (χ2n) is 5.58. The van der Waals surface area contributed by atoms with Crippen LogP contribution in [0, 0.1) is 0 Å². The van der Waals surface area contributed by atoms with E-state index in [-0.39, 0.29) is 6.10 Å². The van der Waals surface area contributed by atoms with Crippen LogP contribution in [0.2, 0.25) is 0 Å². The van der Waals surface area contributed by atoms with Crippen LogP contribution in [0.4, 0.5) is 0 Å². The van der Waals surface area contributed by atoms with Gasteiger partial charge in [-0.2, -0.15) is 0 Å². The summed E-state index contributed by atoms with van der Waals surface area (Å²) in [5.74, 6) is -0.991. The highest BCUT2D eigenvalue weighted by Gasteiger charge is 2.26. The molecule has 0 radical (unpaired) electrons. The predicted molar refractivity (Wildman–Crippen MR) is 90.9 cm³/mol. The van der Waals surface area contributed by atoms with E-state index >= 15 is 0 Å². The summed E-state index contributed by atoms with van der Waals surface area (Å²) in [5.41, 5.74) is 0.463. The van der Waals surface area contributed by atoms with Gasteiger partial charge in [-0.15, -0.1) is 11.3 Å². The quantitative estimate of drug-likeness (QED) is 0.820. The summed E-state index contributed by atoms with van der Waals surface area (Å²) in [6.45, 7) is 0.699. The van der Waals surface area contributed by atoms with Crippen LogP contribution >= 0.6 is 11.3 Å². The zero-order valence-corrected chi connectivity index (χ0v) is 14.4. The Kier molecular flexibility index (Phi) is 5.30. The Labute approximate surface area is 148 Å². The SMILES string of the molecule is COc1ccc(C(NC(=O)c2cnc(C3CCCO3)s2)C(=O)O)cc1. The number of thiazole rings is 1. The lowest BCUT2D eigenvalue weighted by atomic mass is 10.1. The Bertz CT molecular complexity index is 753. The minimum atomic E-state index is -1.15. The topological polar surface area (TPSA) is 97.8 Å². The number of carbonyl (C=O) groups excluding carboxylic acids is 1. The number of methoxy groups -OCH3 is 1. The van der Waals surface area contributed by atoms with Crippen LogP contribution in [-0.2, 0) is 9.53 Å². The minimum absolute atomic E-state index is 0.0663. The van der Waals surface area contributed by atoms with Crippen LogP contribution in [0.3, 0.4) is 0 Å². The lowest BCUT2D eigenvalue weighted by molar-refractivity contribution is -0.139. The number of nitrogens with one attached hydrogen (secondary N) is 1. The van der Waals surface area contributed by atoms with Crippen molar-refractivity contribution >= 4 is 23.2 Å². The van der Waals surface area contributed by atoms with Crippen LogP contribution in [0.5, 0.6) is 5.75 Å². The van der Waals surface area contributed by atoms with Crippen molar-refractivity contribution in [1.29, 1.82) is 0 Å². The first kappa shape index (κ1) is 17.4. The van der Waals surface area contributed by atoms with Crippen molar-refractivity contribution in [2.45, 2.75) is 25.0 Å². The zero-order chi connectivity index (χ0) is 17.8. The Morgan fingerprint density at radius 1 is 1.40 bits per heavy atom. The van der Waals surface area contributed by atoms with E-state index < -0.39 is 17.9 Å². The molecular weight excluding hydrogens is 344 g/mol. The third-order valence-electron chi connectivity index (χ3n) is 3.92. The molecule has 2 N–H and O–H groups in total. The molecule has 1 amide bonds. The van der Waals surface area contributed by atoms with E-state index in [2.05, 4.69) is 10.3 Å². The first-order valence-corrected chi connectivity index (χ1v) is 8.65. The molecule has 2 atom stereocenters. The number of rotatable bonds is 6. The molecule has 2 unspecified atom stereocenters. The Morgan fingerprint density at radius 2 is 2.16 bits per heavy atom. The fraction of sp³-hybridized carbons (Fsp3) is 0.353. The number of amides is 1. The van der Waals surface area contributed by atoms with Crippen LogP contribution in [0.1, 0.15) is 45.2 Å². The molecule has 2 aromatic rings. The van der Waals surface area contributed by atoms with E-state index in [0.717, 1.165) is 17.8 Å². The lowest BCUT2D eigenvalue weighted by Gasteiger charge is -2.14. The minimum Gasteiger partial charge on any atom is -0.497 e. The number of ether oxygens (including phenoxy) is 2. The molecule has 3 rings (SSSR count). The number of hydrogen-bond acceptors (Lipinski definition) is 6. The Hall–Kier alpha value is -2.45. The van der Waals surface area contributed by atoms with E-state index in [4.69, 9.17) is 9.47 Å². The van der Waals surface area contributed by atoms with Crippen molar-refractivity contribution in [3.8, 4) is 5.75 Å². The van der Waals surface area contributed by atoms with Gasteiger partial charge in [0.15, 0.2) is 6.04 Å². The molecule has 8 heteroatoms. The third kappa shape index (κ3) is 3.97. The number of benzene rings is 1. The summed E-state index contributed by atoms with van der Waals surface area (Å²) in [7, 11) is 1.53. The fourth-order valence-electron chi connectivity index (χ4n) is 2.60. The molecule has 0 spiro atoms. The van der Waals surface area contributed by atoms with Crippen LogP contribution in [-0.4, -0.2) is 35.7 Å². The van der Waals surface area contributed by atoms with Crippen LogP contribution < -0.4 is 10.1 Å². The zero-order valence-electron chi connectivity index (χ0n) is 13.6. The molecule has 25 heavy (non-hydrogen) atoms. The van der Waals surface area contributed by atoms with E-state index in [1.807, 2.05) is 0 Å². The number of aromatic nitrogens is 1. The van der Waals surface area contributed by atoms with E-state index in [0.29, 0.717) is 22.8 Å². The van der Waals surface area contributed by atoms with Gasteiger partial charge in [0.25, 0.3) is 5.91 Å². The smallest absolute Gasteiger partial charge is 0.330 e. The fourth-order valence-corrected chi connectivity index (χ4v) is 3.51. The lowest BCUT2D eigenvalue weighted by Crippen LogP contribution is -2.33. The van der Waals surface area contributed by atoms with Gasteiger partial charge < -0.3 is 19.9 Å². The van der Waals surface area contributed by atoms with Gasteiger partial charge in [0.2, 0.25) is 0 Å². The highest BCUT2D eigenvalue weighted by molar-refractivity contribution is 7.13. The molecule has 1 fully saturated rings. The molecule has 1 aromatic carbocycles. The third-order valence-corrected chi connectivity index (χ3v) is 5.01. The number of nitrogens with zero attached hydrogens (tertiary/aromatic N) is 1. The molecule has 1 saturated heterocycles. The number of carbonyl (C=O) groups is 2. The van der Waals surface area contributed by atoms with Crippen molar-refractivity contribution in [2.24, 2.45) is 0 Å². The molecule has 1 aliphatic heterocycles. The predicted octanol–water partition coefficient (Wildman–Crippen LogP) is 2.56. The molecule has 132 valence electrons. The average molecular weight is 362 g/mol. The summed E-state index contributed by atoms with van der Waals surface area (Å²) < 4.78 is 10.6. The molecule has 0 aliphatic carbocycles. The molecule has 7 nitrogen and oxygen atoms in total. The normalized spacial score (nSPS) is 17.9. The average Bonchev–Trinajstić information content (AvgIpc) is 3.30. The number of carboxylic acids is 1. The number of carboxylic acid groups (broad SMARTS) is 1. The van der Waals surface area contributed by atoms with Crippen molar-refractivity contribution in [1.82, 2.24) is 10.3 Å². The molecule has 1 aromatic heterocycles.